The van der Waals surface area contributed by atoms with Crippen LogP contribution >= 0.6 is 0 Å². The highest BCUT2D eigenvalue weighted by atomic mass is 16.6. The second kappa shape index (κ2) is 6.06. The van der Waals surface area contributed by atoms with E-state index in [0.29, 0.717) is 19.8 Å². The summed E-state index contributed by atoms with van der Waals surface area (Å²) in [6.07, 6.45) is -0.436. The number of amides is 1. The third-order valence-electron chi connectivity index (χ3n) is 1.56. The fourth-order valence-electron chi connectivity index (χ4n) is 1.03. The Hall–Kier alpha value is -0.810. The number of hydrogen-bond acceptors (Lipinski definition) is 4. The van der Waals surface area contributed by atoms with Crippen LogP contribution in [0, 0.1) is 0 Å². The molecule has 0 rings (SSSR count). The van der Waals surface area contributed by atoms with Crippen molar-refractivity contribution in [2.24, 2.45) is 5.73 Å². The first-order chi connectivity index (χ1) is 7.16. The second-order valence-corrected chi connectivity index (χ2v) is 5.35. The number of nitrogens with one attached hydrogen (secondary N) is 1. The molecule has 5 heteroatoms. The highest BCUT2D eigenvalue weighted by Gasteiger charge is 2.24. The van der Waals surface area contributed by atoms with Crippen molar-refractivity contribution in [3.8, 4) is 0 Å². The molecule has 0 bridgehead atoms. The zero-order valence-corrected chi connectivity index (χ0v) is 10.9. The fourth-order valence-corrected chi connectivity index (χ4v) is 1.03. The Kier molecular flexibility index (Phi) is 5.75. The number of carbonyl (C=O) groups excluding carboxylic acids is 1. The molecule has 0 fully saturated rings. The molecule has 0 saturated carbocycles. The first kappa shape index (κ1) is 15.2. The highest BCUT2D eigenvalue weighted by Crippen LogP contribution is 2.09. The average molecular weight is 232 g/mol. The molecule has 0 spiro atoms. The van der Waals surface area contributed by atoms with E-state index in [0.717, 1.165) is 0 Å². The second-order valence-electron chi connectivity index (χ2n) is 5.35. The molecule has 16 heavy (non-hydrogen) atoms. The number of ether oxygens (including phenoxy) is 2. The molecule has 0 unspecified atom stereocenters. The summed E-state index contributed by atoms with van der Waals surface area (Å²) < 4.78 is 10.4. The van der Waals surface area contributed by atoms with Crippen LogP contribution in [-0.2, 0) is 9.47 Å². The van der Waals surface area contributed by atoms with E-state index in [1.165, 1.54) is 0 Å². The molecule has 0 aliphatic heterocycles. The van der Waals surface area contributed by atoms with Crippen LogP contribution in [0.3, 0.4) is 0 Å². The van der Waals surface area contributed by atoms with Gasteiger partial charge < -0.3 is 20.5 Å². The smallest absolute Gasteiger partial charge is 0.408 e. The summed E-state index contributed by atoms with van der Waals surface area (Å²) in [4.78, 5) is 11.5. The Morgan fingerprint density at radius 3 is 2.25 bits per heavy atom. The van der Waals surface area contributed by atoms with Gasteiger partial charge in [-0.2, -0.15) is 0 Å². The van der Waals surface area contributed by atoms with Crippen LogP contribution in [0.4, 0.5) is 4.79 Å². The molecule has 96 valence electrons. The van der Waals surface area contributed by atoms with Crippen LogP contribution in [0.25, 0.3) is 0 Å². The molecule has 0 saturated heterocycles. The lowest BCUT2D eigenvalue weighted by molar-refractivity contribution is 0.0357. The molecule has 0 atom stereocenters. The minimum atomic E-state index is -0.488. The van der Waals surface area contributed by atoms with Crippen LogP contribution in [0.15, 0.2) is 0 Å². The van der Waals surface area contributed by atoms with Crippen molar-refractivity contribution in [3.05, 3.63) is 0 Å². The number of alkyl carbamates (subject to hydrolysis) is 1. The summed E-state index contributed by atoms with van der Waals surface area (Å²) in [7, 11) is 0. The molecule has 0 aromatic heterocycles. The molecule has 5 nitrogen and oxygen atoms in total. The zero-order valence-electron chi connectivity index (χ0n) is 10.9. The first-order valence-electron chi connectivity index (χ1n) is 5.45. The van der Waals surface area contributed by atoms with Gasteiger partial charge in [0, 0.05) is 6.54 Å². The van der Waals surface area contributed by atoms with E-state index in [1.807, 2.05) is 34.6 Å². The van der Waals surface area contributed by atoms with E-state index < -0.39 is 17.2 Å². The monoisotopic (exact) mass is 232 g/mol. The largest absolute Gasteiger partial charge is 0.444 e. The maximum atomic E-state index is 11.5. The van der Waals surface area contributed by atoms with Crippen molar-refractivity contribution in [1.29, 1.82) is 0 Å². The van der Waals surface area contributed by atoms with Crippen molar-refractivity contribution in [2.45, 2.75) is 45.8 Å². The van der Waals surface area contributed by atoms with Crippen molar-refractivity contribution in [3.63, 3.8) is 0 Å². The molecule has 0 aliphatic rings. The Labute approximate surface area is 97.7 Å². The summed E-state index contributed by atoms with van der Waals surface area (Å²) in [5.41, 5.74) is 4.36. The Morgan fingerprint density at radius 2 is 1.81 bits per heavy atom. The lowest BCUT2D eigenvalue weighted by Crippen LogP contribution is -2.49. The number of carbonyl (C=O) groups is 1. The SMILES string of the molecule is CC(C)(COCCN)NC(=O)OC(C)(C)C. The summed E-state index contributed by atoms with van der Waals surface area (Å²) >= 11 is 0. The molecule has 1 amide bonds. The predicted molar refractivity (Wildman–Crippen MR) is 63.3 cm³/mol. The van der Waals surface area contributed by atoms with Gasteiger partial charge >= 0.3 is 6.09 Å². The summed E-state index contributed by atoms with van der Waals surface area (Å²) in [5, 5.41) is 2.74. The fraction of sp³-hybridized carbons (Fsp3) is 0.909. The Balaban J connectivity index is 4.00. The molecule has 0 aliphatic carbocycles. The maximum absolute atomic E-state index is 11.5. The van der Waals surface area contributed by atoms with Crippen LogP contribution in [0.2, 0.25) is 0 Å². The van der Waals surface area contributed by atoms with Crippen LogP contribution < -0.4 is 11.1 Å². The molecule has 3 N–H and O–H groups in total. The van der Waals surface area contributed by atoms with Crippen LogP contribution in [0.5, 0.6) is 0 Å². The van der Waals surface area contributed by atoms with Gasteiger partial charge in [0.05, 0.1) is 18.8 Å². The number of nitrogens with two attached hydrogens (primary N) is 1. The van der Waals surface area contributed by atoms with Crippen molar-refractivity contribution >= 4 is 6.09 Å². The van der Waals surface area contributed by atoms with Gasteiger partial charge in [-0.05, 0) is 34.6 Å². The number of rotatable bonds is 5. The maximum Gasteiger partial charge on any atom is 0.408 e. The van der Waals surface area contributed by atoms with Gasteiger partial charge in [-0.3, -0.25) is 0 Å². The zero-order chi connectivity index (χ0) is 12.8. The van der Waals surface area contributed by atoms with Crippen molar-refractivity contribution in [2.75, 3.05) is 19.8 Å². The van der Waals surface area contributed by atoms with E-state index in [1.54, 1.807) is 0 Å². The molecular weight excluding hydrogens is 208 g/mol. The Bertz CT molecular complexity index is 222. The third kappa shape index (κ3) is 8.49. The molecule has 0 heterocycles. The van der Waals surface area contributed by atoms with Gasteiger partial charge in [0.2, 0.25) is 0 Å². The van der Waals surface area contributed by atoms with Gasteiger partial charge in [0.25, 0.3) is 0 Å². The van der Waals surface area contributed by atoms with Crippen LogP contribution in [0.1, 0.15) is 34.6 Å². The quantitative estimate of drug-likeness (QED) is 0.700. The minimum Gasteiger partial charge on any atom is -0.444 e. The normalized spacial score (nSPS) is 12.4. The van der Waals surface area contributed by atoms with E-state index in [2.05, 4.69) is 5.32 Å². The van der Waals surface area contributed by atoms with Gasteiger partial charge in [0.15, 0.2) is 0 Å². The van der Waals surface area contributed by atoms with E-state index >= 15 is 0 Å². The molecule has 0 radical (unpaired) electrons. The standard InChI is InChI=1S/C11H24N2O3/c1-10(2,3)16-9(14)13-11(4,5)8-15-7-6-12/h6-8,12H2,1-5H3,(H,13,14). The summed E-state index contributed by atoms with van der Waals surface area (Å²) in [6.45, 7) is 10.6. The third-order valence-corrected chi connectivity index (χ3v) is 1.56. The van der Waals surface area contributed by atoms with E-state index in [4.69, 9.17) is 15.2 Å². The summed E-state index contributed by atoms with van der Waals surface area (Å²) in [6, 6.07) is 0. The van der Waals surface area contributed by atoms with E-state index in [9.17, 15) is 4.79 Å². The number of hydrogen-bond donors (Lipinski definition) is 2. The molecule has 0 aromatic carbocycles. The highest BCUT2D eigenvalue weighted by molar-refractivity contribution is 5.68. The van der Waals surface area contributed by atoms with E-state index in [-0.39, 0.29) is 0 Å². The van der Waals surface area contributed by atoms with Crippen molar-refractivity contribution < 1.29 is 14.3 Å². The molecular formula is C11H24N2O3. The van der Waals surface area contributed by atoms with Crippen molar-refractivity contribution in [1.82, 2.24) is 5.32 Å². The van der Waals surface area contributed by atoms with Gasteiger partial charge in [-0.25, -0.2) is 4.79 Å². The van der Waals surface area contributed by atoms with Gasteiger partial charge in [-0.1, -0.05) is 0 Å². The van der Waals surface area contributed by atoms with Gasteiger partial charge in [0.1, 0.15) is 5.60 Å². The minimum absolute atomic E-state index is 0.406. The first-order valence-corrected chi connectivity index (χ1v) is 5.45. The van der Waals surface area contributed by atoms with Gasteiger partial charge in [-0.15, -0.1) is 0 Å². The lowest BCUT2D eigenvalue weighted by Gasteiger charge is -2.28. The molecule has 0 aromatic rings. The Morgan fingerprint density at radius 1 is 1.25 bits per heavy atom. The topological polar surface area (TPSA) is 73.6 Å². The predicted octanol–water partition coefficient (Wildman–Crippen LogP) is 1.27. The average Bonchev–Trinajstić information content (AvgIpc) is 1.98. The lowest BCUT2D eigenvalue weighted by atomic mass is 10.1. The van der Waals surface area contributed by atoms with Crippen LogP contribution in [-0.4, -0.2) is 37.0 Å². The summed E-state index contributed by atoms with van der Waals surface area (Å²) in [5.74, 6) is 0.